The van der Waals surface area contributed by atoms with Gasteiger partial charge in [-0.3, -0.25) is 0 Å². The highest BCUT2D eigenvalue weighted by atomic mass is 35.5. The highest BCUT2D eigenvalue weighted by Gasteiger charge is 2.25. The molecule has 0 spiro atoms. The third-order valence-corrected chi connectivity index (χ3v) is 3.38. The van der Waals surface area contributed by atoms with Gasteiger partial charge in [0.25, 0.3) is 0 Å². The normalized spacial score (nSPS) is 17.9. The van der Waals surface area contributed by atoms with Crippen LogP contribution in [-0.4, -0.2) is 0 Å². The van der Waals surface area contributed by atoms with Gasteiger partial charge in [0, 0.05) is 10.4 Å². The average Bonchev–Trinajstić information content (AvgIpc) is 2.95. The second-order valence-electron chi connectivity index (χ2n) is 4.62. The van der Waals surface area contributed by atoms with E-state index in [9.17, 15) is 0 Å². The second kappa shape index (κ2) is 3.79. The topological polar surface area (TPSA) is 39.2 Å². The van der Waals surface area contributed by atoms with Crippen LogP contribution in [0.2, 0.25) is 5.02 Å². The molecule has 1 fully saturated rings. The van der Waals surface area contributed by atoms with Gasteiger partial charge in [-0.05, 0) is 36.6 Å². The zero-order chi connectivity index (χ0) is 11.1. The van der Waals surface area contributed by atoms with Crippen LogP contribution in [0.5, 0.6) is 0 Å². The molecule has 3 heteroatoms. The van der Waals surface area contributed by atoms with Crippen LogP contribution in [0.15, 0.2) is 28.7 Å². The molecule has 3 rings (SSSR count). The molecule has 1 heterocycles. The van der Waals surface area contributed by atoms with Crippen molar-refractivity contribution in [2.75, 3.05) is 0 Å². The molecule has 1 atom stereocenters. The van der Waals surface area contributed by atoms with Crippen LogP contribution in [0.4, 0.5) is 0 Å². The van der Waals surface area contributed by atoms with E-state index >= 15 is 0 Å². The molecule has 1 unspecified atom stereocenters. The first-order valence-electron chi connectivity index (χ1n) is 5.67. The molecule has 16 heavy (non-hydrogen) atoms. The number of benzene rings is 1. The quantitative estimate of drug-likeness (QED) is 0.877. The van der Waals surface area contributed by atoms with Crippen molar-refractivity contribution in [2.45, 2.75) is 25.3 Å². The molecule has 0 amide bonds. The summed E-state index contributed by atoms with van der Waals surface area (Å²) in [6.45, 7) is 0. The number of furan rings is 1. The monoisotopic (exact) mass is 235 g/mol. The summed E-state index contributed by atoms with van der Waals surface area (Å²) in [5.74, 6) is 1.69. The Labute approximate surface area is 99.4 Å². The minimum atomic E-state index is 0.0266. The van der Waals surface area contributed by atoms with Gasteiger partial charge < -0.3 is 10.2 Å². The molecule has 84 valence electrons. The number of fused-ring (bicyclic) bond motifs is 1. The predicted molar refractivity (Wildman–Crippen MR) is 65.5 cm³/mol. The van der Waals surface area contributed by atoms with Crippen LogP contribution in [0.25, 0.3) is 11.0 Å². The molecule has 2 aromatic rings. The van der Waals surface area contributed by atoms with Crippen molar-refractivity contribution in [1.82, 2.24) is 0 Å². The number of nitrogens with two attached hydrogens (primary N) is 1. The Morgan fingerprint density at radius 1 is 1.38 bits per heavy atom. The molecule has 2 N–H and O–H groups in total. The summed E-state index contributed by atoms with van der Waals surface area (Å²) in [6.07, 6.45) is 3.67. The Kier molecular flexibility index (Phi) is 2.41. The first-order chi connectivity index (χ1) is 7.72. The molecule has 1 saturated carbocycles. The molecule has 0 saturated heterocycles. The highest BCUT2D eigenvalue weighted by molar-refractivity contribution is 6.31. The lowest BCUT2D eigenvalue weighted by Gasteiger charge is -2.06. The van der Waals surface area contributed by atoms with Gasteiger partial charge in [-0.25, -0.2) is 0 Å². The van der Waals surface area contributed by atoms with Gasteiger partial charge in [0.05, 0.1) is 6.04 Å². The molecule has 0 aliphatic heterocycles. The van der Waals surface area contributed by atoms with Crippen LogP contribution in [0.3, 0.4) is 0 Å². The average molecular weight is 236 g/mol. The lowest BCUT2D eigenvalue weighted by Crippen LogP contribution is -2.09. The Balaban J connectivity index is 1.91. The smallest absolute Gasteiger partial charge is 0.134 e. The van der Waals surface area contributed by atoms with E-state index < -0.39 is 0 Å². The second-order valence-corrected chi connectivity index (χ2v) is 5.05. The molecule has 1 aromatic heterocycles. The fourth-order valence-electron chi connectivity index (χ4n) is 2.05. The van der Waals surface area contributed by atoms with Crippen LogP contribution in [-0.2, 0) is 0 Å². The molecular weight excluding hydrogens is 222 g/mol. The maximum Gasteiger partial charge on any atom is 0.134 e. The lowest BCUT2D eigenvalue weighted by atomic mass is 10.1. The molecule has 1 aliphatic rings. The van der Waals surface area contributed by atoms with Crippen molar-refractivity contribution in [3.05, 3.63) is 35.0 Å². The molecule has 0 radical (unpaired) electrons. The standard InChI is InChI=1S/C13H14ClNO/c14-10-3-4-12-9(6-10)7-13(16-12)11(15)5-8-1-2-8/h3-4,6-8,11H,1-2,5,15H2. The van der Waals surface area contributed by atoms with E-state index in [1.54, 1.807) is 0 Å². The summed E-state index contributed by atoms with van der Waals surface area (Å²) in [7, 11) is 0. The molecule has 1 aromatic carbocycles. The zero-order valence-electron chi connectivity index (χ0n) is 8.95. The maximum absolute atomic E-state index is 6.11. The van der Waals surface area contributed by atoms with E-state index in [1.165, 1.54) is 12.8 Å². The van der Waals surface area contributed by atoms with Crippen molar-refractivity contribution >= 4 is 22.6 Å². The number of rotatable bonds is 3. The third-order valence-electron chi connectivity index (χ3n) is 3.15. The van der Waals surface area contributed by atoms with Gasteiger partial charge in [-0.15, -0.1) is 0 Å². The van der Waals surface area contributed by atoms with Crippen molar-refractivity contribution in [2.24, 2.45) is 11.7 Å². The van der Waals surface area contributed by atoms with Gasteiger partial charge in [0.1, 0.15) is 11.3 Å². The summed E-state index contributed by atoms with van der Waals surface area (Å²) in [5, 5.41) is 1.77. The lowest BCUT2D eigenvalue weighted by molar-refractivity contribution is 0.463. The van der Waals surface area contributed by atoms with E-state index in [0.29, 0.717) is 0 Å². The highest BCUT2D eigenvalue weighted by Crippen LogP contribution is 2.37. The van der Waals surface area contributed by atoms with Crippen molar-refractivity contribution < 1.29 is 4.42 Å². The largest absolute Gasteiger partial charge is 0.459 e. The number of hydrogen-bond acceptors (Lipinski definition) is 2. The van der Waals surface area contributed by atoms with Crippen molar-refractivity contribution in [3.63, 3.8) is 0 Å². The minimum Gasteiger partial charge on any atom is -0.459 e. The maximum atomic E-state index is 6.11. The fourth-order valence-corrected chi connectivity index (χ4v) is 2.23. The van der Waals surface area contributed by atoms with Crippen LogP contribution >= 0.6 is 11.6 Å². The van der Waals surface area contributed by atoms with E-state index in [2.05, 4.69) is 0 Å². The fraction of sp³-hybridized carbons (Fsp3) is 0.385. The summed E-state index contributed by atoms with van der Waals surface area (Å²) in [4.78, 5) is 0. The molecule has 2 nitrogen and oxygen atoms in total. The summed E-state index contributed by atoms with van der Waals surface area (Å²) < 4.78 is 5.73. The first-order valence-corrected chi connectivity index (χ1v) is 6.05. The van der Waals surface area contributed by atoms with E-state index in [4.69, 9.17) is 21.8 Å². The Bertz CT molecular complexity index is 516. The van der Waals surface area contributed by atoms with Gasteiger partial charge in [-0.2, -0.15) is 0 Å². The van der Waals surface area contributed by atoms with Crippen LogP contribution in [0.1, 0.15) is 31.1 Å². The molecular formula is C13H14ClNO. The summed E-state index contributed by atoms with van der Waals surface area (Å²) in [6, 6.07) is 7.68. The van der Waals surface area contributed by atoms with E-state index in [0.717, 1.165) is 34.1 Å². The van der Waals surface area contributed by atoms with E-state index in [1.807, 2.05) is 24.3 Å². The third kappa shape index (κ3) is 1.95. The molecule has 1 aliphatic carbocycles. The molecule has 0 bridgehead atoms. The zero-order valence-corrected chi connectivity index (χ0v) is 9.70. The van der Waals surface area contributed by atoms with Crippen LogP contribution in [0, 0.1) is 5.92 Å². The summed E-state index contributed by atoms with van der Waals surface area (Å²) in [5.41, 5.74) is 6.98. The Morgan fingerprint density at radius 3 is 2.94 bits per heavy atom. The van der Waals surface area contributed by atoms with Gasteiger partial charge in [0.15, 0.2) is 0 Å². The Hall–Kier alpha value is -0.990. The predicted octanol–water partition coefficient (Wildman–Crippen LogP) is 3.89. The first kappa shape index (κ1) is 10.2. The van der Waals surface area contributed by atoms with Crippen molar-refractivity contribution in [3.8, 4) is 0 Å². The van der Waals surface area contributed by atoms with Gasteiger partial charge in [0.2, 0.25) is 0 Å². The summed E-state index contributed by atoms with van der Waals surface area (Å²) >= 11 is 5.93. The van der Waals surface area contributed by atoms with Gasteiger partial charge >= 0.3 is 0 Å². The van der Waals surface area contributed by atoms with Crippen molar-refractivity contribution in [1.29, 1.82) is 0 Å². The number of hydrogen-bond donors (Lipinski definition) is 1. The SMILES string of the molecule is NC(CC1CC1)c1cc2cc(Cl)ccc2o1. The minimum absolute atomic E-state index is 0.0266. The van der Waals surface area contributed by atoms with E-state index in [-0.39, 0.29) is 6.04 Å². The Morgan fingerprint density at radius 2 is 2.19 bits per heavy atom. The van der Waals surface area contributed by atoms with Gasteiger partial charge in [-0.1, -0.05) is 24.4 Å². The number of halogens is 1. The van der Waals surface area contributed by atoms with Crippen LogP contribution < -0.4 is 5.73 Å².